The highest BCUT2D eigenvalue weighted by Crippen LogP contribution is 2.34. The van der Waals surface area contributed by atoms with Gasteiger partial charge in [0.2, 0.25) is 5.91 Å². The Labute approximate surface area is 113 Å². The number of para-hydroxylation sites is 1. The lowest BCUT2D eigenvalue weighted by Gasteiger charge is -2.20. The van der Waals surface area contributed by atoms with Crippen molar-refractivity contribution in [2.45, 2.75) is 6.92 Å². The second-order valence-corrected chi connectivity index (χ2v) is 4.77. The number of carbonyl (C=O) groups is 1. The molecule has 0 unspecified atom stereocenters. The minimum absolute atomic E-state index is 0.396. The molecule has 3 nitrogen and oxygen atoms in total. The Bertz CT molecular complexity index is 618. The highest BCUT2D eigenvalue weighted by atomic mass is 16.1. The molecule has 0 spiro atoms. The van der Waals surface area contributed by atoms with Crippen LogP contribution in [0.3, 0.4) is 0 Å². The number of rotatable bonds is 3. The number of nitrogens with zero attached hydrogens (tertiary/aromatic N) is 1. The van der Waals surface area contributed by atoms with Crippen molar-refractivity contribution in [3.05, 3.63) is 53.6 Å². The fourth-order valence-electron chi connectivity index (χ4n) is 2.31. The van der Waals surface area contributed by atoms with Crippen molar-refractivity contribution < 1.29 is 4.79 Å². The number of primary amides is 1. The molecular weight excluding hydrogens is 236 g/mol. The molecule has 2 aromatic rings. The van der Waals surface area contributed by atoms with E-state index in [1.54, 1.807) is 6.07 Å². The van der Waals surface area contributed by atoms with Crippen LogP contribution in [0.2, 0.25) is 0 Å². The molecule has 0 radical (unpaired) electrons. The average molecular weight is 254 g/mol. The van der Waals surface area contributed by atoms with Gasteiger partial charge in [0.1, 0.15) is 0 Å². The number of hydrogen-bond acceptors (Lipinski definition) is 2. The lowest BCUT2D eigenvalue weighted by Crippen LogP contribution is -2.15. The second kappa shape index (κ2) is 5.14. The number of anilines is 1. The Kier molecular flexibility index (Phi) is 3.56. The van der Waals surface area contributed by atoms with Crippen LogP contribution in [0.5, 0.6) is 0 Å². The summed E-state index contributed by atoms with van der Waals surface area (Å²) >= 11 is 0. The molecule has 2 aromatic carbocycles. The minimum atomic E-state index is -0.396. The third kappa shape index (κ3) is 2.45. The van der Waals surface area contributed by atoms with Crippen LogP contribution in [0.4, 0.5) is 5.69 Å². The maximum atomic E-state index is 11.6. The van der Waals surface area contributed by atoms with Gasteiger partial charge in [-0.3, -0.25) is 4.79 Å². The van der Waals surface area contributed by atoms with E-state index in [0.29, 0.717) is 5.56 Å². The third-order valence-electron chi connectivity index (χ3n) is 3.19. The number of carbonyl (C=O) groups excluding carboxylic acids is 1. The predicted molar refractivity (Wildman–Crippen MR) is 79.5 cm³/mol. The summed E-state index contributed by atoms with van der Waals surface area (Å²) in [5.41, 5.74) is 10.1. The molecule has 1 amide bonds. The van der Waals surface area contributed by atoms with Crippen LogP contribution >= 0.6 is 0 Å². The first kappa shape index (κ1) is 13.1. The molecule has 0 aliphatic heterocycles. The first-order valence-electron chi connectivity index (χ1n) is 6.18. The molecule has 0 fully saturated rings. The van der Waals surface area contributed by atoms with E-state index in [1.165, 1.54) is 0 Å². The average Bonchev–Trinajstić information content (AvgIpc) is 2.38. The summed E-state index contributed by atoms with van der Waals surface area (Å²) in [6.45, 7) is 1.99. The van der Waals surface area contributed by atoms with E-state index >= 15 is 0 Å². The molecule has 0 bridgehead atoms. The fourth-order valence-corrected chi connectivity index (χ4v) is 2.31. The van der Waals surface area contributed by atoms with Crippen LogP contribution in [-0.2, 0) is 0 Å². The molecule has 0 aromatic heterocycles. The molecule has 0 saturated carbocycles. The van der Waals surface area contributed by atoms with E-state index in [2.05, 4.69) is 0 Å². The van der Waals surface area contributed by atoms with Crippen LogP contribution < -0.4 is 10.6 Å². The maximum Gasteiger partial charge on any atom is 0.249 e. The standard InChI is InChI=1S/C16H18N2O/c1-11-7-6-9-13(16(17)19)15(11)12-8-4-5-10-14(12)18(2)3/h4-10H,1-3H3,(H2,17,19). The van der Waals surface area contributed by atoms with E-state index in [0.717, 1.165) is 22.4 Å². The Hall–Kier alpha value is -2.29. The molecule has 3 heteroatoms. The van der Waals surface area contributed by atoms with Crippen molar-refractivity contribution in [1.82, 2.24) is 0 Å². The van der Waals surface area contributed by atoms with E-state index < -0.39 is 5.91 Å². The number of aryl methyl sites for hydroxylation is 1. The van der Waals surface area contributed by atoms with Gasteiger partial charge in [-0.25, -0.2) is 0 Å². The molecule has 2 rings (SSSR count). The Morgan fingerprint density at radius 3 is 2.37 bits per heavy atom. The summed E-state index contributed by atoms with van der Waals surface area (Å²) < 4.78 is 0. The quantitative estimate of drug-likeness (QED) is 0.915. The molecule has 0 saturated heterocycles. The van der Waals surface area contributed by atoms with Gasteiger partial charge in [-0.05, 0) is 30.2 Å². The van der Waals surface area contributed by atoms with Gasteiger partial charge in [0.25, 0.3) is 0 Å². The van der Waals surface area contributed by atoms with E-state index in [4.69, 9.17) is 5.73 Å². The second-order valence-electron chi connectivity index (χ2n) is 4.77. The molecule has 0 aliphatic carbocycles. The summed E-state index contributed by atoms with van der Waals surface area (Å²) in [5.74, 6) is -0.396. The number of benzene rings is 2. The molecule has 98 valence electrons. The van der Waals surface area contributed by atoms with Gasteiger partial charge in [-0.1, -0.05) is 30.3 Å². The summed E-state index contributed by atoms with van der Waals surface area (Å²) in [5, 5.41) is 0. The fraction of sp³-hybridized carbons (Fsp3) is 0.188. The normalized spacial score (nSPS) is 10.3. The topological polar surface area (TPSA) is 46.3 Å². The van der Waals surface area contributed by atoms with Crippen molar-refractivity contribution in [2.75, 3.05) is 19.0 Å². The largest absolute Gasteiger partial charge is 0.377 e. The lowest BCUT2D eigenvalue weighted by atomic mass is 9.93. The van der Waals surface area contributed by atoms with Gasteiger partial charge in [0, 0.05) is 30.9 Å². The van der Waals surface area contributed by atoms with Crippen molar-refractivity contribution in [3.8, 4) is 11.1 Å². The highest BCUT2D eigenvalue weighted by Gasteiger charge is 2.15. The summed E-state index contributed by atoms with van der Waals surface area (Å²) in [7, 11) is 3.97. The van der Waals surface area contributed by atoms with E-state index in [-0.39, 0.29) is 0 Å². The zero-order valence-corrected chi connectivity index (χ0v) is 11.5. The molecule has 0 atom stereocenters. The van der Waals surface area contributed by atoms with Crippen LogP contribution in [0.25, 0.3) is 11.1 Å². The smallest absolute Gasteiger partial charge is 0.249 e. The van der Waals surface area contributed by atoms with Gasteiger partial charge >= 0.3 is 0 Å². The van der Waals surface area contributed by atoms with Crippen LogP contribution in [0.1, 0.15) is 15.9 Å². The van der Waals surface area contributed by atoms with Crippen molar-refractivity contribution in [2.24, 2.45) is 5.73 Å². The highest BCUT2D eigenvalue weighted by molar-refractivity contribution is 6.02. The van der Waals surface area contributed by atoms with E-state index in [9.17, 15) is 4.79 Å². The Morgan fingerprint density at radius 2 is 1.74 bits per heavy atom. The van der Waals surface area contributed by atoms with Crippen molar-refractivity contribution >= 4 is 11.6 Å². The molecule has 2 N–H and O–H groups in total. The van der Waals surface area contributed by atoms with Gasteiger partial charge in [-0.15, -0.1) is 0 Å². The number of hydrogen-bond donors (Lipinski definition) is 1. The van der Waals surface area contributed by atoms with Gasteiger partial charge < -0.3 is 10.6 Å². The summed E-state index contributed by atoms with van der Waals surface area (Å²) in [6, 6.07) is 13.6. The lowest BCUT2D eigenvalue weighted by molar-refractivity contribution is 0.100. The van der Waals surface area contributed by atoms with Gasteiger partial charge in [0.15, 0.2) is 0 Å². The summed E-state index contributed by atoms with van der Waals surface area (Å²) in [6.07, 6.45) is 0. The molecule has 0 heterocycles. The zero-order valence-electron chi connectivity index (χ0n) is 11.5. The minimum Gasteiger partial charge on any atom is -0.377 e. The van der Waals surface area contributed by atoms with Gasteiger partial charge in [0.05, 0.1) is 0 Å². The van der Waals surface area contributed by atoms with Gasteiger partial charge in [-0.2, -0.15) is 0 Å². The van der Waals surface area contributed by atoms with Crippen LogP contribution in [0.15, 0.2) is 42.5 Å². The zero-order chi connectivity index (χ0) is 14.0. The van der Waals surface area contributed by atoms with E-state index in [1.807, 2.05) is 62.3 Å². The first-order chi connectivity index (χ1) is 9.02. The SMILES string of the molecule is Cc1cccc(C(N)=O)c1-c1ccccc1N(C)C. The van der Waals surface area contributed by atoms with Crippen molar-refractivity contribution in [1.29, 1.82) is 0 Å². The molecular formula is C16H18N2O. The molecule has 19 heavy (non-hydrogen) atoms. The Balaban J connectivity index is 2.75. The third-order valence-corrected chi connectivity index (χ3v) is 3.19. The summed E-state index contributed by atoms with van der Waals surface area (Å²) in [4.78, 5) is 13.7. The predicted octanol–water partition coefficient (Wildman–Crippen LogP) is 2.83. The monoisotopic (exact) mass is 254 g/mol. The first-order valence-corrected chi connectivity index (χ1v) is 6.18. The number of amides is 1. The Morgan fingerprint density at radius 1 is 1.05 bits per heavy atom. The van der Waals surface area contributed by atoms with Crippen molar-refractivity contribution in [3.63, 3.8) is 0 Å². The number of nitrogens with two attached hydrogens (primary N) is 1. The maximum absolute atomic E-state index is 11.6. The molecule has 0 aliphatic rings. The van der Waals surface area contributed by atoms with Crippen LogP contribution in [0, 0.1) is 6.92 Å². The van der Waals surface area contributed by atoms with Crippen LogP contribution in [-0.4, -0.2) is 20.0 Å².